The molecule has 2 aromatic rings. The average Bonchev–Trinajstić information content (AvgIpc) is 3.00. The molecule has 0 spiro atoms. The van der Waals surface area contributed by atoms with Gasteiger partial charge >= 0.3 is 6.09 Å². The van der Waals surface area contributed by atoms with E-state index in [-0.39, 0.29) is 31.4 Å². The molecule has 1 heterocycles. The smallest absolute Gasteiger partial charge is 0.410 e. The summed E-state index contributed by atoms with van der Waals surface area (Å²) in [5.74, 6) is 0.484. The quantitative estimate of drug-likeness (QED) is 0.827. The summed E-state index contributed by atoms with van der Waals surface area (Å²) < 4.78 is 10.3. The number of benzene rings is 2. The van der Waals surface area contributed by atoms with Crippen LogP contribution in [0.3, 0.4) is 0 Å². The maximum Gasteiger partial charge on any atom is 0.410 e. The zero-order chi connectivity index (χ0) is 18.5. The number of cyclic esters (lactones) is 1. The molecule has 1 aliphatic heterocycles. The molecule has 7 heteroatoms. The summed E-state index contributed by atoms with van der Waals surface area (Å²) in [4.78, 5) is 25.9. The van der Waals surface area contributed by atoms with Gasteiger partial charge in [-0.25, -0.2) is 4.79 Å². The van der Waals surface area contributed by atoms with Gasteiger partial charge in [0.1, 0.15) is 24.1 Å². The van der Waals surface area contributed by atoms with Crippen molar-refractivity contribution in [2.24, 2.45) is 0 Å². The minimum Gasteiger partial charge on any atom is -0.508 e. The number of phenolic OH excluding ortho intramolecular Hbond substituents is 1. The van der Waals surface area contributed by atoms with Crippen LogP contribution in [0.1, 0.15) is 11.1 Å². The van der Waals surface area contributed by atoms with Gasteiger partial charge in [0.15, 0.2) is 0 Å². The summed E-state index contributed by atoms with van der Waals surface area (Å²) in [7, 11) is 1.57. The van der Waals surface area contributed by atoms with Gasteiger partial charge in [-0.05, 0) is 23.8 Å². The second-order valence-corrected chi connectivity index (χ2v) is 5.92. The SMILES string of the molecule is COc1ccccc1CNC(=O)[C@@H]1COC(=O)N1Cc1cccc(O)c1. The molecular formula is C19H20N2O5. The summed E-state index contributed by atoms with van der Waals surface area (Å²) in [6.45, 7) is 0.461. The van der Waals surface area contributed by atoms with E-state index in [1.807, 2.05) is 24.3 Å². The summed E-state index contributed by atoms with van der Waals surface area (Å²) in [5, 5.41) is 12.4. The fourth-order valence-electron chi connectivity index (χ4n) is 2.84. The number of carbonyl (C=O) groups excluding carboxylic acids is 2. The van der Waals surface area contributed by atoms with Crippen molar-refractivity contribution in [3.63, 3.8) is 0 Å². The Kier molecular flexibility index (Phi) is 5.26. The molecular weight excluding hydrogens is 336 g/mol. The molecule has 1 aliphatic rings. The summed E-state index contributed by atoms with van der Waals surface area (Å²) in [6, 6.07) is 13.2. The summed E-state index contributed by atoms with van der Waals surface area (Å²) >= 11 is 0. The van der Waals surface area contributed by atoms with E-state index in [1.165, 1.54) is 4.90 Å². The molecule has 1 atom stereocenters. The third-order valence-corrected chi connectivity index (χ3v) is 4.19. The first-order valence-electron chi connectivity index (χ1n) is 8.19. The van der Waals surface area contributed by atoms with Crippen LogP contribution in [0.2, 0.25) is 0 Å². The standard InChI is InChI=1S/C19H20N2O5/c1-25-17-8-3-2-6-14(17)10-20-18(23)16-12-26-19(24)21(16)11-13-5-4-7-15(22)9-13/h2-9,16,22H,10-12H2,1H3,(H,20,23)/t16-/m0/s1. The Hall–Kier alpha value is -3.22. The molecule has 26 heavy (non-hydrogen) atoms. The van der Waals surface area contributed by atoms with E-state index in [2.05, 4.69) is 5.32 Å². The Labute approximate surface area is 151 Å². The van der Waals surface area contributed by atoms with Crippen LogP contribution in [0.4, 0.5) is 4.79 Å². The van der Waals surface area contributed by atoms with E-state index in [1.54, 1.807) is 31.4 Å². The molecule has 2 amide bonds. The number of hydrogen-bond donors (Lipinski definition) is 2. The lowest BCUT2D eigenvalue weighted by molar-refractivity contribution is -0.125. The van der Waals surface area contributed by atoms with Gasteiger partial charge in [0.25, 0.3) is 0 Å². The highest BCUT2D eigenvalue weighted by Gasteiger charge is 2.37. The monoisotopic (exact) mass is 356 g/mol. The van der Waals surface area contributed by atoms with Gasteiger partial charge in [0.05, 0.1) is 13.7 Å². The number of amides is 2. The number of phenols is 1. The number of aromatic hydroxyl groups is 1. The number of rotatable bonds is 6. The number of nitrogens with zero attached hydrogens (tertiary/aromatic N) is 1. The predicted octanol–water partition coefficient (Wildman–Crippen LogP) is 2.04. The molecule has 7 nitrogen and oxygen atoms in total. The average molecular weight is 356 g/mol. The lowest BCUT2D eigenvalue weighted by atomic mass is 10.1. The van der Waals surface area contributed by atoms with Crippen molar-refractivity contribution in [1.82, 2.24) is 10.2 Å². The van der Waals surface area contributed by atoms with Crippen LogP contribution in [0.15, 0.2) is 48.5 Å². The Morgan fingerprint density at radius 2 is 2.12 bits per heavy atom. The maximum atomic E-state index is 12.6. The van der Waals surface area contributed by atoms with E-state index >= 15 is 0 Å². The molecule has 1 saturated heterocycles. The largest absolute Gasteiger partial charge is 0.508 e. The van der Waals surface area contributed by atoms with E-state index in [0.717, 1.165) is 5.56 Å². The van der Waals surface area contributed by atoms with E-state index in [4.69, 9.17) is 9.47 Å². The van der Waals surface area contributed by atoms with Crippen molar-refractivity contribution in [2.45, 2.75) is 19.1 Å². The van der Waals surface area contributed by atoms with Crippen LogP contribution < -0.4 is 10.1 Å². The van der Waals surface area contributed by atoms with Crippen molar-refractivity contribution >= 4 is 12.0 Å². The Morgan fingerprint density at radius 3 is 2.88 bits per heavy atom. The van der Waals surface area contributed by atoms with Crippen molar-refractivity contribution in [3.8, 4) is 11.5 Å². The van der Waals surface area contributed by atoms with Crippen LogP contribution in [0, 0.1) is 0 Å². The van der Waals surface area contributed by atoms with Gasteiger partial charge in [-0.1, -0.05) is 30.3 Å². The highest BCUT2D eigenvalue weighted by Crippen LogP contribution is 2.20. The normalized spacial score (nSPS) is 16.3. The first-order chi connectivity index (χ1) is 12.6. The molecule has 0 aliphatic carbocycles. The molecule has 2 aromatic carbocycles. The van der Waals surface area contributed by atoms with Gasteiger partial charge in [0, 0.05) is 12.1 Å². The van der Waals surface area contributed by atoms with Crippen molar-refractivity contribution < 1.29 is 24.2 Å². The van der Waals surface area contributed by atoms with Crippen molar-refractivity contribution in [1.29, 1.82) is 0 Å². The van der Waals surface area contributed by atoms with Crippen LogP contribution >= 0.6 is 0 Å². The number of ether oxygens (including phenoxy) is 2. The second kappa shape index (κ2) is 7.77. The maximum absolute atomic E-state index is 12.6. The molecule has 1 fully saturated rings. The number of para-hydroxylation sites is 1. The molecule has 3 rings (SSSR count). The topological polar surface area (TPSA) is 88.1 Å². The number of hydrogen-bond acceptors (Lipinski definition) is 5. The molecule has 0 unspecified atom stereocenters. The molecule has 0 saturated carbocycles. The van der Waals surface area contributed by atoms with Gasteiger partial charge in [-0.15, -0.1) is 0 Å². The number of carbonyl (C=O) groups is 2. The van der Waals surface area contributed by atoms with Gasteiger partial charge < -0.3 is 19.9 Å². The van der Waals surface area contributed by atoms with E-state index in [9.17, 15) is 14.7 Å². The Bertz CT molecular complexity index is 808. The Balaban J connectivity index is 1.66. The van der Waals surface area contributed by atoms with Crippen LogP contribution in [-0.4, -0.2) is 41.8 Å². The first kappa shape index (κ1) is 17.6. The van der Waals surface area contributed by atoms with Crippen molar-refractivity contribution in [3.05, 3.63) is 59.7 Å². The lowest BCUT2D eigenvalue weighted by Gasteiger charge is -2.21. The zero-order valence-corrected chi connectivity index (χ0v) is 14.3. The minimum atomic E-state index is -0.723. The minimum absolute atomic E-state index is 0.00456. The molecule has 136 valence electrons. The third-order valence-electron chi connectivity index (χ3n) is 4.19. The second-order valence-electron chi connectivity index (χ2n) is 5.92. The number of methoxy groups -OCH3 is 1. The van der Waals surface area contributed by atoms with Crippen molar-refractivity contribution in [2.75, 3.05) is 13.7 Å². The van der Waals surface area contributed by atoms with Crippen LogP contribution in [-0.2, 0) is 22.6 Å². The Morgan fingerprint density at radius 1 is 1.31 bits per heavy atom. The molecule has 2 N–H and O–H groups in total. The van der Waals surface area contributed by atoms with Crippen LogP contribution in [0.5, 0.6) is 11.5 Å². The lowest BCUT2D eigenvalue weighted by Crippen LogP contribution is -2.45. The summed E-state index contributed by atoms with van der Waals surface area (Å²) in [5.41, 5.74) is 1.56. The molecule has 0 bridgehead atoms. The highest BCUT2D eigenvalue weighted by atomic mass is 16.6. The fraction of sp³-hybridized carbons (Fsp3) is 0.263. The van der Waals surface area contributed by atoms with Crippen LogP contribution in [0.25, 0.3) is 0 Å². The molecule has 0 radical (unpaired) electrons. The van der Waals surface area contributed by atoms with Gasteiger partial charge in [-0.3, -0.25) is 9.69 Å². The first-order valence-corrected chi connectivity index (χ1v) is 8.19. The summed E-state index contributed by atoms with van der Waals surface area (Å²) in [6.07, 6.45) is -0.550. The fourth-order valence-corrected chi connectivity index (χ4v) is 2.84. The van der Waals surface area contributed by atoms with Gasteiger partial charge in [-0.2, -0.15) is 0 Å². The van der Waals surface area contributed by atoms with E-state index < -0.39 is 12.1 Å². The zero-order valence-electron chi connectivity index (χ0n) is 14.3. The van der Waals surface area contributed by atoms with E-state index in [0.29, 0.717) is 11.3 Å². The number of nitrogens with one attached hydrogen (secondary N) is 1. The third kappa shape index (κ3) is 3.88. The molecule has 0 aromatic heterocycles. The van der Waals surface area contributed by atoms with Gasteiger partial charge in [0.2, 0.25) is 5.91 Å². The predicted molar refractivity (Wildman–Crippen MR) is 93.6 cm³/mol. The highest BCUT2D eigenvalue weighted by molar-refractivity contribution is 5.87.